The van der Waals surface area contributed by atoms with Crippen LogP contribution in [0.5, 0.6) is 0 Å². The van der Waals surface area contributed by atoms with Crippen LogP contribution in [0.25, 0.3) is 0 Å². The Bertz CT molecular complexity index is 252. The lowest BCUT2D eigenvalue weighted by atomic mass is 10.0. The van der Waals surface area contributed by atoms with Crippen molar-refractivity contribution >= 4 is 5.91 Å². The van der Waals surface area contributed by atoms with Crippen molar-refractivity contribution in [3.05, 3.63) is 0 Å². The molecule has 0 N–H and O–H groups in total. The number of hydrogen-bond donors (Lipinski definition) is 0. The predicted molar refractivity (Wildman–Crippen MR) is 73.5 cm³/mol. The zero-order chi connectivity index (χ0) is 13.5. The molecule has 1 atom stereocenters. The number of nitrogens with zero attached hydrogens (tertiary/aromatic N) is 2. The number of amides is 1. The summed E-state index contributed by atoms with van der Waals surface area (Å²) >= 11 is 0. The van der Waals surface area contributed by atoms with Crippen LogP contribution in [0.15, 0.2) is 0 Å². The zero-order valence-corrected chi connectivity index (χ0v) is 12.3. The molecular formula is C14H28N2O2. The highest BCUT2D eigenvalue weighted by molar-refractivity contribution is 5.78. The van der Waals surface area contributed by atoms with Crippen molar-refractivity contribution in [2.75, 3.05) is 46.9 Å². The van der Waals surface area contributed by atoms with Gasteiger partial charge in [0.25, 0.3) is 0 Å². The largest absolute Gasteiger partial charge is 0.379 e. The van der Waals surface area contributed by atoms with Crippen LogP contribution >= 0.6 is 0 Å². The summed E-state index contributed by atoms with van der Waals surface area (Å²) in [4.78, 5) is 16.6. The fraction of sp³-hybridized carbons (Fsp3) is 0.929. The monoisotopic (exact) mass is 256 g/mol. The Balaban J connectivity index is 2.60. The number of carbonyl (C=O) groups is 1. The molecule has 0 aromatic heterocycles. The molecule has 4 nitrogen and oxygen atoms in total. The van der Waals surface area contributed by atoms with Crippen LogP contribution in [0.1, 0.15) is 26.7 Å². The van der Waals surface area contributed by atoms with E-state index in [1.54, 1.807) is 0 Å². The minimum Gasteiger partial charge on any atom is -0.379 e. The van der Waals surface area contributed by atoms with Crippen molar-refractivity contribution in [2.45, 2.75) is 26.7 Å². The average molecular weight is 256 g/mol. The van der Waals surface area contributed by atoms with Crippen LogP contribution in [0.4, 0.5) is 0 Å². The van der Waals surface area contributed by atoms with Gasteiger partial charge < -0.3 is 14.5 Å². The smallest absolute Gasteiger partial charge is 0.225 e. The normalized spacial score (nSPS) is 21.4. The topological polar surface area (TPSA) is 32.8 Å². The van der Waals surface area contributed by atoms with Gasteiger partial charge in [-0.25, -0.2) is 0 Å². The van der Waals surface area contributed by atoms with Gasteiger partial charge in [-0.2, -0.15) is 0 Å². The van der Waals surface area contributed by atoms with Gasteiger partial charge in [-0.05, 0) is 26.9 Å². The predicted octanol–water partition coefficient (Wildman–Crippen LogP) is 1.46. The van der Waals surface area contributed by atoms with Gasteiger partial charge in [0.15, 0.2) is 0 Å². The van der Waals surface area contributed by atoms with E-state index >= 15 is 0 Å². The van der Waals surface area contributed by atoms with Gasteiger partial charge in [0.1, 0.15) is 0 Å². The molecule has 18 heavy (non-hydrogen) atoms. The van der Waals surface area contributed by atoms with Gasteiger partial charge in [-0.3, -0.25) is 4.79 Å². The molecule has 0 aromatic carbocycles. The summed E-state index contributed by atoms with van der Waals surface area (Å²) in [6, 6.07) is 0. The fourth-order valence-electron chi connectivity index (χ4n) is 2.60. The first-order chi connectivity index (χ1) is 8.58. The van der Waals surface area contributed by atoms with Gasteiger partial charge in [0.2, 0.25) is 5.91 Å². The Morgan fingerprint density at radius 1 is 1.39 bits per heavy atom. The molecular weight excluding hydrogens is 228 g/mol. The zero-order valence-electron chi connectivity index (χ0n) is 12.3. The summed E-state index contributed by atoms with van der Waals surface area (Å²) in [5, 5.41) is 0. The van der Waals surface area contributed by atoms with Gasteiger partial charge in [-0.1, -0.05) is 13.8 Å². The Morgan fingerprint density at radius 2 is 2.06 bits per heavy atom. The lowest BCUT2D eigenvalue weighted by Gasteiger charge is -2.28. The molecule has 1 aliphatic heterocycles. The van der Waals surface area contributed by atoms with E-state index in [0.29, 0.717) is 18.4 Å². The standard InChI is InChI=1S/C14H28N2O2/c1-5-13(6-2)14(17)16-7-8-18-11-12(10-16)9-15(3)4/h12-13H,5-11H2,1-4H3/t12-/m1/s1. The molecule has 0 spiro atoms. The summed E-state index contributed by atoms with van der Waals surface area (Å²) in [5.41, 5.74) is 0. The van der Waals surface area contributed by atoms with E-state index in [-0.39, 0.29) is 5.92 Å². The van der Waals surface area contributed by atoms with Gasteiger partial charge in [0.05, 0.1) is 13.2 Å². The van der Waals surface area contributed by atoms with E-state index in [0.717, 1.165) is 39.1 Å². The molecule has 1 aliphatic rings. The molecule has 4 heteroatoms. The first-order valence-corrected chi connectivity index (χ1v) is 7.09. The first-order valence-electron chi connectivity index (χ1n) is 7.09. The van der Waals surface area contributed by atoms with Crippen molar-refractivity contribution < 1.29 is 9.53 Å². The average Bonchev–Trinajstić information content (AvgIpc) is 2.55. The van der Waals surface area contributed by atoms with Crippen LogP contribution in [0.3, 0.4) is 0 Å². The van der Waals surface area contributed by atoms with E-state index in [2.05, 4.69) is 32.8 Å². The van der Waals surface area contributed by atoms with Crippen molar-refractivity contribution in [1.82, 2.24) is 9.80 Å². The summed E-state index contributed by atoms with van der Waals surface area (Å²) < 4.78 is 5.61. The SMILES string of the molecule is CCC(CC)C(=O)N1CCOC[C@H](CN(C)C)C1. The van der Waals surface area contributed by atoms with Crippen LogP contribution in [0, 0.1) is 11.8 Å². The number of ether oxygens (including phenoxy) is 1. The molecule has 0 aromatic rings. The lowest BCUT2D eigenvalue weighted by Crippen LogP contribution is -2.41. The molecule has 0 saturated carbocycles. The number of carbonyl (C=O) groups excluding carboxylic acids is 1. The van der Waals surface area contributed by atoms with E-state index in [4.69, 9.17) is 4.74 Å². The van der Waals surface area contributed by atoms with E-state index in [9.17, 15) is 4.79 Å². The molecule has 1 rings (SSSR count). The minimum atomic E-state index is 0.183. The second kappa shape index (κ2) is 7.74. The summed E-state index contributed by atoms with van der Waals surface area (Å²) in [7, 11) is 4.13. The Morgan fingerprint density at radius 3 is 2.61 bits per heavy atom. The third kappa shape index (κ3) is 4.58. The van der Waals surface area contributed by atoms with Gasteiger partial charge in [-0.15, -0.1) is 0 Å². The molecule has 0 bridgehead atoms. The Kier molecular flexibility index (Phi) is 6.65. The second-order valence-corrected chi connectivity index (χ2v) is 5.50. The molecule has 0 radical (unpaired) electrons. The van der Waals surface area contributed by atoms with E-state index < -0.39 is 0 Å². The second-order valence-electron chi connectivity index (χ2n) is 5.50. The molecule has 1 fully saturated rings. The highest BCUT2D eigenvalue weighted by atomic mass is 16.5. The van der Waals surface area contributed by atoms with Crippen LogP contribution in [0.2, 0.25) is 0 Å². The number of hydrogen-bond acceptors (Lipinski definition) is 3. The molecule has 1 amide bonds. The van der Waals surface area contributed by atoms with Gasteiger partial charge in [0, 0.05) is 31.5 Å². The maximum Gasteiger partial charge on any atom is 0.225 e. The fourth-order valence-corrected chi connectivity index (χ4v) is 2.60. The van der Waals surface area contributed by atoms with Crippen molar-refractivity contribution in [3.63, 3.8) is 0 Å². The quantitative estimate of drug-likeness (QED) is 0.746. The molecule has 1 heterocycles. The Labute approximate surface area is 111 Å². The molecule has 106 valence electrons. The minimum absolute atomic E-state index is 0.183. The van der Waals surface area contributed by atoms with Crippen molar-refractivity contribution in [1.29, 1.82) is 0 Å². The van der Waals surface area contributed by atoms with Crippen molar-refractivity contribution in [3.8, 4) is 0 Å². The van der Waals surface area contributed by atoms with Crippen molar-refractivity contribution in [2.24, 2.45) is 11.8 Å². The third-order valence-corrected chi connectivity index (χ3v) is 3.61. The lowest BCUT2D eigenvalue weighted by molar-refractivity contribution is -0.136. The number of rotatable bonds is 5. The molecule has 0 unspecified atom stereocenters. The van der Waals surface area contributed by atoms with Gasteiger partial charge >= 0.3 is 0 Å². The van der Waals surface area contributed by atoms with Crippen LogP contribution < -0.4 is 0 Å². The van der Waals surface area contributed by atoms with Crippen LogP contribution in [-0.4, -0.2) is 62.7 Å². The Hall–Kier alpha value is -0.610. The highest BCUT2D eigenvalue weighted by Crippen LogP contribution is 2.15. The maximum absolute atomic E-state index is 12.4. The first kappa shape index (κ1) is 15.4. The summed E-state index contributed by atoms with van der Waals surface area (Å²) in [5.74, 6) is 0.929. The third-order valence-electron chi connectivity index (χ3n) is 3.61. The molecule has 1 saturated heterocycles. The van der Waals surface area contributed by atoms with E-state index in [1.807, 2.05) is 4.90 Å². The maximum atomic E-state index is 12.4. The van der Waals surface area contributed by atoms with E-state index in [1.165, 1.54) is 0 Å². The summed E-state index contributed by atoms with van der Waals surface area (Å²) in [6.45, 7) is 8.20. The highest BCUT2D eigenvalue weighted by Gasteiger charge is 2.26. The summed E-state index contributed by atoms with van der Waals surface area (Å²) in [6.07, 6.45) is 1.87. The molecule has 0 aliphatic carbocycles. The van der Waals surface area contributed by atoms with Crippen LogP contribution in [-0.2, 0) is 9.53 Å².